The van der Waals surface area contributed by atoms with E-state index in [0.29, 0.717) is 12.1 Å². The molecule has 3 fully saturated rings. The monoisotopic (exact) mass is 646 g/mol. The van der Waals surface area contributed by atoms with Gasteiger partial charge in [-0.05, 0) is 65.9 Å². The van der Waals surface area contributed by atoms with Crippen LogP contribution in [0.1, 0.15) is 94.9 Å². The predicted molar refractivity (Wildman–Crippen MR) is 179 cm³/mol. The third-order valence-electron chi connectivity index (χ3n) is 10.1. The van der Waals surface area contributed by atoms with Crippen molar-refractivity contribution in [2.45, 2.75) is 97.6 Å². The zero-order chi connectivity index (χ0) is 33.6. The van der Waals surface area contributed by atoms with Crippen LogP contribution in [0.2, 0.25) is 0 Å². The van der Waals surface area contributed by atoms with Gasteiger partial charge in [-0.1, -0.05) is 13.8 Å². The third-order valence-corrected chi connectivity index (χ3v) is 10.1. The molecule has 0 aliphatic carbocycles. The summed E-state index contributed by atoms with van der Waals surface area (Å²) in [6.45, 7) is 23.1. The quantitative estimate of drug-likeness (QED) is 0.352. The van der Waals surface area contributed by atoms with Crippen LogP contribution in [0.25, 0.3) is 0 Å². The van der Waals surface area contributed by atoms with Crippen molar-refractivity contribution in [3.05, 3.63) is 28.3 Å². The Hall–Kier alpha value is -1.84. The molecule has 5 rings (SSSR count). The minimum absolute atomic E-state index is 0.422. The number of aryl methyl sites for hydroxylation is 2. The number of aliphatic hydroxyl groups is 2. The summed E-state index contributed by atoms with van der Waals surface area (Å²) in [6.07, 6.45) is 2.01. The maximum atomic E-state index is 10.9. The van der Waals surface area contributed by atoms with E-state index in [1.165, 1.54) is 5.69 Å². The van der Waals surface area contributed by atoms with Crippen molar-refractivity contribution in [1.29, 1.82) is 0 Å². The summed E-state index contributed by atoms with van der Waals surface area (Å²) >= 11 is 0. The number of aromatic nitrogens is 4. The number of rotatable bonds is 11. The predicted octanol–water partition coefficient (Wildman–Crippen LogP) is 2.08. The highest BCUT2D eigenvalue weighted by Gasteiger charge is 2.53. The number of hydrogen-bond donors (Lipinski definition) is 2. The molecular formula is C33H59BN6O6. The van der Waals surface area contributed by atoms with E-state index in [9.17, 15) is 10.2 Å². The number of nitrogens with zero attached hydrogens (tertiary/aromatic N) is 6. The molecule has 3 saturated heterocycles. The standard InChI is InChI=1S/C19H34BN3O4.C14H25N3O2/c1-7-14-16(20-26-18(2,3)19(4,5)27-20)17(21-22(14)6)15(24)8-9-23-10-12-25-13-11-23;1-4-12-11(2)14(15-16(12)3)13(18)5-6-17-7-9-19-10-8-17/h15,24H,7-13H2,1-6H3;13,18H,4-10H2,1-3H3/t15-;13-/m11/s1. The first-order chi connectivity index (χ1) is 21.8. The molecule has 0 aromatic carbocycles. The van der Waals surface area contributed by atoms with Crippen LogP contribution in [0, 0.1) is 6.92 Å². The number of hydrogen-bond acceptors (Lipinski definition) is 10. The fraction of sp³-hybridized carbons (Fsp3) is 0.818. The van der Waals surface area contributed by atoms with Gasteiger partial charge in [0.25, 0.3) is 0 Å². The molecule has 12 nitrogen and oxygen atoms in total. The highest BCUT2D eigenvalue weighted by molar-refractivity contribution is 6.63. The van der Waals surface area contributed by atoms with Crippen LogP contribution in [-0.4, -0.2) is 124 Å². The molecule has 2 N–H and O–H groups in total. The average Bonchev–Trinajstić information content (AvgIpc) is 3.60. The molecule has 0 spiro atoms. The summed E-state index contributed by atoms with van der Waals surface area (Å²) < 4.78 is 27.0. The molecule has 46 heavy (non-hydrogen) atoms. The van der Waals surface area contributed by atoms with Crippen molar-refractivity contribution in [2.75, 3.05) is 65.7 Å². The van der Waals surface area contributed by atoms with Crippen LogP contribution in [0.3, 0.4) is 0 Å². The zero-order valence-corrected chi connectivity index (χ0v) is 29.8. The lowest BCUT2D eigenvalue weighted by atomic mass is 9.75. The minimum Gasteiger partial charge on any atom is -0.399 e. The molecule has 0 unspecified atom stereocenters. The molecule has 0 amide bonds. The number of morpholine rings is 2. The van der Waals surface area contributed by atoms with Crippen LogP contribution >= 0.6 is 0 Å². The summed E-state index contributed by atoms with van der Waals surface area (Å²) in [5, 5.41) is 30.4. The van der Waals surface area contributed by atoms with E-state index in [1.807, 2.05) is 51.2 Å². The fourth-order valence-electron chi connectivity index (χ4n) is 6.51. The lowest BCUT2D eigenvalue weighted by Gasteiger charge is -2.32. The van der Waals surface area contributed by atoms with Crippen molar-refractivity contribution in [3.63, 3.8) is 0 Å². The Kier molecular flexibility index (Phi) is 12.9. The summed E-state index contributed by atoms with van der Waals surface area (Å²) in [5.41, 5.74) is 4.97. The van der Waals surface area contributed by atoms with Crippen LogP contribution in [0.15, 0.2) is 0 Å². The summed E-state index contributed by atoms with van der Waals surface area (Å²) in [7, 11) is 3.36. The second-order valence-electron chi connectivity index (χ2n) is 13.8. The number of ether oxygens (including phenoxy) is 2. The summed E-state index contributed by atoms with van der Waals surface area (Å²) in [4.78, 5) is 4.66. The maximum Gasteiger partial charge on any atom is 0.498 e. The Morgan fingerprint density at radius 2 is 1.13 bits per heavy atom. The normalized spacial score (nSPS) is 21.7. The van der Waals surface area contributed by atoms with E-state index in [-0.39, 0.29) is 0 Å². The van der Waals surface area contributed by atoms with Gasteiger partial charge in [-0.25, -0.2) is 0 Å². The minimum atomic E-state index is -0.645. The zero-order valence-electron chi connectivity index (χ0n) is 29.8. The van der Waals surface area contributed by atoms with Gasteiger partial charge in [-0.15, -0.1) is 0 Å². The van der Waals surface area contributed by atoms with Gasteiger partial charge < -0.3 is 29.0 Å². The molecule has 2 aromatic heterocycles. The second kappa shape index (κ2) is 16.0. The van der Waals surface area contributed by atoms with Gasteiger partial charge in [-0.2, -0.15) is 10.2 Å². The average molecular weight is 647 g/mol. The molecule has 0 saturated carbocycles. The van der Waals surface area contributed by atoms with Gasteiger partial charge in [0.2, 0.25) is 0 Å². The highest BCUT2D eigenvalue weighted by Crippen LogP contribution is 2.37. The Morgan fingerprint density at radius 1 is 0.717 bits per heavy atom. The van der Waals surface area contributed by atoms with E-state index in [2.05, 4.69) is 40.8 Å². The topological polar surface area (TPSA) is 120 Å². The van der Waals surface area contributed by atoms with E-state index >= 15 is 0 Å². The van der Waals surface area contributed by atoms with E-state index in [4.69, 9.17) is 18.8 Å². The Labute approximate surface area is 276 Å². The third kappa shape index (κ3) is 8.60. The van der Waals surface area contributed by atoms with E-state index in [0.717, 1.165) is 107 Å². The fourth-order valence-corrected chi connectivity index (χ4v) is 6.51. The van der Waals surface area contributed by atoms with Gasteiger partial charge in [0.05, 0.1) is 61.2 Å². The molecular weight excluding hydrogens is 587 g/mol. The van der Waals surface area contributed by atoms with E-state index in [1.54, 1.807) is 0 Å². The molecule has 0 radical (unpaired) electrons. The van der Waals surface area contributed by atoms with Gasteiger partial charge >= 0.3 is 7.12 Å². The molecule has 2 aromatic rings. The molecule has 260 valence electrons. The Balaban J connectivity index is 0.000000222. The second-order valence-corrected chi connectivity index (χ2v) is 13.8. The van der Waals surface area contributed by atoms with Crippen LogP contribution < -0.4 is 5.46 Å². The first-order valence-electron chi connectivity index (χ1n) is 17.2. The van der Waals surface area contributed by atoms with Gasteiger partial charge in [0.1, 0.15) is 0 Å². The van der Waals surface area contributed by atoms with Crippen LogP contribution in [-0.2, 0) is 45.7 Å². The van der Waals surface area contributed by atoms with Gasteiger partial charge in [0.15, 0.2) is 0 Å². The van der Waals surface area contributed by atoms with Crippen molar-refractivity contribution in [2.24, 2.45) is 14.1 Å². The largest absolute Gasteiger partial charge is 0.498 e. The Bertz CT molecular complexity index is 1240. The summed E-state index contributed by atoms with van der Waals surface area (Å²) in [6, 6.07) is 0. The molecule has 13 heteroatoms. The van der Waals surface area contributed by atoms with Crippen LogP contribution in [0.5, 0.6) is 0 Å². The van der Waals surface area contributed by atoms with Crippen molar-refractivity contribution >= 4 is 12.6 Å². The first kappa shape index (κ1) is 37.0. The van der Waals surface area contributed by atoms with Crippen molar-refractivity contribution < 1.29 is 29.0 Å². The highest BCUT2D eigenvalue weighted by atomic mass is 16.7. The van der Waals surface area contributed by atoms with Crippen LogP contribution in [0.4, 0.5) is 0 Å². The lowest BCUT2D eigenvalue weighted by Crippen LogP contribution is -2.41. The molecule has 3 aliphatic heterocycles. The summed E-state index contributed by atoms with van der Waals surface area (Å²) in [5.74, 6) is 0. The van der Waals surface area contributed by atoms with Crippen molar-refractivity contribution in [3.8, 4) is 0 Å². The van der Waals surface area contributed by atoms with E-state index < -0.39 is 30.5 Å². The van der Waals surface area contributed by atoms with Gasteiger partial charge in [0, 0.05) is 70.2 Å². The molecule has 2 atom stereocenters. The van der Waals surface area contributed by atoms with Crippen molar-refractivity contribution in [1.82, 2.24) is 29.4 Å². The Morgan fingerprint density at radius 3 is 1.57 bits per heavy atom. The lowest BCUT2D eigenvalue weighted by molar-refractivity contribution is 0.00578. The first-order valence-corrected chi connectivity index (χ1v) is 17.2. The number of aliphatic hydroxyl groups excluding tert-OH is 2. The molecule has 3 aliphatic rings. The van der Waals surface area contributed by atoms with Gasteiger partial charge in [-0.3, -0.25) is 19.2 Å². The molecule has 0 bridgehead atoms. The maximum absolute atomic E-state index is 10.9. The smallest absolute Gasteiger partial charge is 0.399 e. The molecule has 5 heterocycles. The SMILES string of the molecule is CCc1c(B2OC(C)(C)C(C)(C)O2)c([C@H](O)CCN2CCOCC2)nn1C.CCc1c(C)c([C@H](O)CCN2CCOCC2)nn1C.